The van der Waals surface area contributed by atoms with Gasteiger partial charge in [-0.1, -0.05) is 5.16 Å². The number of alkyl halides is 3. The van der Waals surface area contributed by atoms with E-state index in [9.17, 15) is 23.1 Å². The first-order chi connectivity index (χ1) is 10.3. The molecule has 1 aliphatic rings. The number of aliphatic hydroxyl groups excluding tert-OH is 1. The zero-order chi connectivity index (χ0) is 16.3. The second kappa shape index (κ2) is 6.66. The zero-order valence-corrected chi connectivity index (χ0v) is 11.9. The Morgan fingerprint density at radius 3 is 2.68 bits per heavy atom. The van der Waals surface area contributed by atoms with Crippen LogP contribution in [0.15, 0.2) is 4.52 Å². The standard InChI is InChI=1S/C13H17F3N2O4/c1-7-10(11(22-18-7)13(14,15)16)12(20)17-6-9(19)8-2-4-21-5-3-8/h8-9,19H,2-6H2,1H3,(H,17,20). The van der Waals surface area contributed by atoms with Crippen molar-refractivity contribution in [1.82, 2.24) is 10.5 Å². The van der Waals surface area contributed by atoms with Gasteiger partial charge in [0.1, 0.15) is 5.56 Å². The van der Waals surface area contributed by atoms with Crippen molar-refractivity contribution in [2.24, 2.45) is 5.92 Å². The van der Waals surface area contributed by atoms with Gasteiger partial charge in [-0.05, 0) is 25.7 Å². The fourth-order valence-corrected chi connectivity index (χ4v) is 2.38. The molecular formula is C13H17F3N2O4. The zero-order valence-electron chi connectivity index (χ0n) is 11.9. The van der Waals surface area contributed by atoms with Gasteiger partial charge in [0, 0.05) is 19.8 Å². The molecule has 0 aliphatic carbocycles. The van der Waals surface area contributed by atoms with E-state index in [0.717, 1.165) is 0 Å². The molecule has 0 aromatic carbocycles. The van der Waals surface area contributed by atoms with Gasteiger partial charge in [-0.15, -0.1) is 0 Å². The molecule has 6 nitrogen and oxygen atoms in total. The minimum atomic E-state index is -4.80. The number of ether oxygens (including phenoxy) is 1. The van der Waals surface area contributed by atoms with E-state index in [1.54, 1.807) is 0 Å². The van der Waals surface area contributed by atoms with Crippen LogP contribution in [0.25, 0.3) is 0 Å². The molecule has 1 aromatic heterocycles. The summed E-state index contributed by atoms with van der Waals surface area (Å²) in [6.07, 6.45) is -4.33. The maximum absolute atomic E-state index is 12.7. The maximum Gasteiger partial charge on any atom is 0.453 e. The van der Waals surface area contributed by atoms with Crippen molar-refractivity contribution in [1.29, 1.82) is 0 Å². The molecule has 2 rings (SSSR count). The molecule has 0 spiro atoms. The van der Waals surface area contributed by atoms with Crippen LogP contribution in [-0.2, 0) is 10.9 Å². The molecule has 2 heterocycles. The molecule has 0 saturated carbocycles. The Balaban J connectivity index is 1.99. The molecule has 124 valence electrons. The SMILES string of the molecule is Cc1noc(C(F)(F)F)c1C(=O)NCC(O)C1CCOCC1. The van der Waals surface area contributed by atoms with Crippen LogP contribution in [0.5, 0.6) is 0 Å². The van der Waals surface area contributed by atoms with Crippen LogP contribution in [0.3, 0.4) is 0 Å². The highest BCUT2D eigenvalue weighted by molar-refractivity contribution is 5.96. The lowest BCUT2D eigenvalue weighted by molar-refractivity contribution is -0.155. The molecule has 0 radical (unpaired) electrons. The number of aliphatic hydroxyl groups is 1. The van der Waals surface area contributed by atoms with Crippen LogP contribution in [0.1, 0.15) is 34.7 Å². The molecule has 0 bridgehead atoms. The predicted molar refractivity (Wildman–Crippen MR) is 68.1 cm³/mol. The summed E-state index contributed by atoms with van der Waals surface area (Å²) in [5, 5.41) is 15.5. The Labute approximate surface area is 124 Å². The van der Waals surface area contributed by atoms with Gasteiger partial charge >= 0.3 is 6.18 Å². The largest absolute Gasteiger partial charge is 0.453 e. The third-order valence-electron chi connectivity index (χ3n) is 3.63. The molecule has 1 unspecified atom stereocenters. The van der Waals surface area contributed by atoms with Crippen molar-refractivity contribution in [3.8, 4) is 0 Å². The van der Waals surface area contributed by atoms with Crippen molar-refractivity contribution in [2.45, 2.75) is 32.0 Å². The molecule has 1 aliphatic heterocycles. The third-order valence-corrected chi connectivity index (χ3v) is 3.63. The Morgan fingerprint density at radius 1 is 1.45 bits per heavy atom. The average molecular weight is 322 g/mol. The van der Waals surface area contributed by atoms with E-state index < -0.39 is 29.5 Å². The number of aryl methyl sites for hydroxylation is 1. The number of rotatable bonds is 4. The van der Waals surface area contributed by atoms with Crippen LogP contribution in [0.4, 0.5) is 13.2 Å². The van der Waals surface area contributed by atoms with Gasteiger partial charge in [0.25, 0.3) is 11.7 Å². The number of carbonyl (C=O) groups is 1. The van der Waals surface area contributed by atoms with Crippen LogP contribution in [0, 0.1) is 12.8 Å². The quantitative estimate of drug-likeness (QED) is 0.878. The normalized spacial score (nSPS) is 18.2. The van der Waals surface area contributed by atoms with Crippen LogP contribution < -0.4 is 5.32 Å². The Morgan fingerprint density at radius 2 is 2.09 bits per heavy atom. The van der Waals surface area contributed by atoms with Gasteiger partial charge in [0.05, 0.1) is 11.8 Å². The van der Waals surface area contributed by atoms with E-state index in [0.29, 0.717) is 26.1 Å². The highest BCUT2D eigenvalue weighted by Gasteiger charge is 2.42. The number of aromatic nitrogens is 1. The monoisotopic (exact) mass is 322 g/mol. The molecule has 2 N–H and O–H groups in total. The van der Waals surface area contributed by atoms with Gasteiger partial charge in [-0.2, -0.15) is 13.2 Å². The van der Waals surface area contributed by atoms with E-state index in [2.05, 4.69) is 15.0 Å². The Bertz CT molecular complexity index is 524. The van der Waals surface area contributed by atoms with Gasteiger partial charge in [0.2, 0.25) is 0 Å². The summed E-state index contributed by atoms with van der Waals surface area (Å²) in [6.45, 7) is 2.17. The number of carbonyl (C=O) groups excluding carboxylic acids is 1. The van der Waals surface area contributed by atoms with Gasteiger partial charge < -0.3 is 19.7 Å². The lowest BCUT2D eigenvalue weighted by Gasteiger charge is -2.26. The number of nitrogens with one attached hydrogen (secondary N) is 1. The van der Waals surface area contributed by atoms with E-state index in [4.69, 9.17) is 4.74 Å². The molecule has 1 saturated heterocycles. The van der Waals surface area contributed by atoms with Gasteiger partial charge in [0.15, 0.2) is 0 Å². The number of amides is 1. The smallest absolute Gasteiger partial charge is 0.391 e. The summed E-state index contributed by atoms with van der Waals surface area (Å²) >= 11 is 0. The van der Waals surface area contributed by atoms with Crippen LogP contribution in [-0.4, -0.2) is 42.0 Å². The lowest BCUT2D eigenvalue weighted by Crippen LogP contribution is -2.38. The van der Waals surface area contributed by atoms with E-state index in [1.807, 2.05) is 0 Å². The minimum Gasteiger partial charge on any atom is -0.391 e. The van der Waals surface area contributed by atoms with Crippen molar-refractivity contribution >= 4 is 5.91 Å². The number of hydrogen-bond acceptors (Lipinski definition) is 5. The van der Waals surface area contributed by atoms with Crippen molar-refractivity contribution in [3.63, 3.8) is 0 Å². The van der Waals surface area contributed by atoms with E-state index in [-0.39, 0.29) is 18.2 Å². The molecule has 22 heavy (non-hydrogen) atoms. The summed E-state index contributed by atoms with van der Waals surface area (Å²) < 4.78 is 47.6. The first-order valence-corrected chi connectivity index (χ1v) is 6.88. The van der Waals surface area contributed by atoms with Gasteiger partial charge in [-0.25, -0.2) is 0 Å². The lowest BCUT2D eigenvalue weighted by atomic mass is 9.94. The predicted octanol–water partition coefficient (Wildman–Crippen LogP) is 1.52. The molecule has 1 aromatic rings. The van der Waals surface area contributed by atoms with E-state index in [1.165, 1.54) is 6.92 Å². The summed E-state index contributed by atoms with van der Waals surface area (Å²) in [5.74, 6) is -2.43. The van der Waals surface area contributed by atoms with Crippen molar-refractivity contribution in [2.75, 3.05) is 19.8 Å². The van der Waals surface area contributed by atoms with Gasteiger partial charge in [-0.3, -0.25) is 4.79 Å². The van der Waals surface area contributed by atoms with Crippen LogP contribution >= 0.6 is 0 Å². The first-order valence-electron chi connectivity index (χ1n) is 6.88. The summed E-state index contributed by atoms with van der Waals surface area (Å²) in [5.41, 5.74) is -0.794. The second-order valence-electron chi connectivity index (χ2n) is 5.20. The van der Waals surface area contributed by atoms with Crippen molar-refractivity contribution < 1.29 is 32.3 Å². The number of hydrogen-bond donors (Lipinski definition) is 2. The van der Waals surface area contributed by atoms with E-state index >= 15 is 0 Å². The third kappa shape index (κ3) is 3.77. The Hall–Kier alpha value is -1.61. The highest BCUT2D eigenvalue weighted by Crippen LogP contribution is 2.33. The molecule has 1 fully saturated rings. The molecular weight excluding hydrogens is 305 g/mol. The summed E-state index contributed by atoms with van der Waals surface area (Å²) in [6, 6.07) is 0. The molecule has 9 heteroatoms. The summed E-state index contributed by atoms with van der Waals surface area (Å²) in [4.78, 5) is 11.9. The fraction of sp³-hybridized carbons (Fsp3) is 0.692. The number of nitrogens with zero attached hydrogens (tertiary/aromatic N) is 1. The average Bonchev–Trinajstić information content (AvgIpc) is 2.87. The molecule has 1 amide bonds. The minimum absolute atomic E-state index is 0.0419. The fourth-order valence-electron chi connectivity index (χ4n) is 2.38. The van der Waals surface area contributed by atoms with Crippen LogP contribution in [0.2, 0.25) is 0 Å². The molecule has 1 atom stereocenters. The second-order valence-corrected chi connectivity index (χ2v) is 5.20. The highest BCUT2D eigenvalue weighted by atomic mass is 19.4. The Kier molecular flexibility index (Phi) is 5.07. The topological polar surface area (TPSA) is 84.6 Å². The van der Waals surface area contributed by atoms with Crippen molar-refractivity contribution in [3.05, 3.63) is 17.0 Å². The maximum atomic E-state index is 12.7. The summed E-state index contributed by atoms with van der Waals surface area (Å²) in [7, 11) is 0. The number of halogens is 3. The first kappa shape index (κ1) is 16.8.